The topological polar surface area (TPSA) is 79.0 Å². The van der Waals surface area contributed by atoms with Gasteiger partial charge < -0.3 is 10.1 Å². The van der Waals surface area contributed by atoms with Crippen molar-refractivity contribution in [1.29, 1.82) is 0 Å². The molecule has 28 heavy (non-hydrogen) atoms. The minimum Gasteiger partial charge on any atom is -0.489 e. The third-order valence-corrected chi connectivity index (χ3v) is 4.07. The first-order valence-electron chi connectivity index (χ1n) is 8.77. The van der Waals surface area contributed by atoms with Crippen LogP contribution in [-0.4, -0.2) is 22.8 Å². The van der Waals surface area contributed by atoms with E-state index in [1.165, 1.54) is 0 Å². The SMILES string of the molecule is CCCCNC(=O)Nc1n[nH]c2ccc(OCc3cc(F)c(F)cc3F)cc12. The number of ether oxygens (including phenoxy) is 1. The maximum atomic E-state index is 13.7. The van der Waals surface area contributed by atoms with Crippen molar-refractivity contribution in [2.45, 2.75) is 26.4 Å². The number of nitrogens with one attached hydrogen (secondary N) is 3. The highest BCUT2D eigenvalue weighted by atomic mass is 19.2. The smallest absolute Gasteiger partial charge is 0.320 e. The van der Waals surface area contributed by atoms with Gasteiger partial charge in [0.15, 0.2) is 17.5 Å². The minimum absolute atomic E-state index is 0.111. The summed E-state index contributed by atoms with van der Waals surface area (Å²) in [4.78, 5) is 11.9. The molecule has 1 aromatic heterocycles. The monoisotopic (exact) mass is 392 g/mol. The number of hydrogen-bond acceptors (Lipinski definition) is 3. The molecule has 0 saturated carbocycles. The van der Waals surface area contributed by atoms with Crippen molar-refractivity contribution >= 4 is 22.8 Å². The summed E-state index contributed by atoms with van der Waals surface area (Å²) < 4.78 is 45.5. The van der Waals surface area contributed by atoms with Crippen LogP contribution in [0.2, 0.25) is 0 Å². The van der Waals surface area contributed by atoms with Gasteiger partial charge in [-0.1, -0.05) is 13.3 Å². The van der Waals surface area contributed by atoms with Gasteiger partial charge in [-0.25, -0.2) is 18.0 Å². The number of unbranched alkanes of at least 4 members (excludes halogenated alkanes) is 1. The summed E-state index contributed by atoms with van der Waals surface area (Å²) in [6, 6.07) is 5.76. The zero-order chi connectivity index (χ0) is 20.1. The highest BCUT2D eigenvalue weighted by Crippen LogP contribution is 2.26. The quantitative estimate of drug-likeness (QED) is 0.410. The predicted octanol–water partition coefficient (Wildman–Crippen LogP) is 4.48. The summed E-state index contributed by atoms with van der Waals surface area (Å²) in [5.74, 6) is -2.63. The highest BCUT2D eigenvalue weighted by Gasteiger charge is 2.12. The van der Waals surface area contributed by atoms with Crippen molar-refractivity contribution in [2.24, 2.45) is 0 Å². The van der Waals surface area contributed by atoms with Gasteiger partial charge in [0.05, 0.1) is 5.52 Å². The third kappa shape index (κ3) is 4.54. The predicted molar refractivity (Wildman–Crippen MR) is 98.7 cm³/mol. The fourth-order valence-corrected chi connectivity index (χ4v) is 2.54. The number of aromatic nitrogens is 2. The Balaban J connectivity index is 1.71. The Bertz CT molecular complexity index is 991. The van der Waals surface area contributed by atoms with Crippen molar-refractivity contribution in [1.82, 2.24) is 15.5 Å². The zero-order valence-electron chi connectivity index (χ0n) is 15.1. The lowest BCUT2D eigenvalue weighted by atomic mass is 10.2. The van der Waals surface area contributed by atoms with Crippen LogP contribution in [0.15, 0.2) is 30.3 Å². The highest BCUT2D eigenvalue weighted by molar-refractivity contribution is 5.99. The van der Waals surface area contributed by atoms with Gasteiger partial charge in [-0.05, 0) is 30.7 Å². The average Bonchev–Trinajstić information content (AvgIpc) is 3.06. The lowest BCUT2D eigenvalue weighted by molar-refractivity contribution is 0.252. The van der Waals surface area contributed by atoms with E-state index in [-0.39, 0.29) is 18.2 Å². The number of aromatic amines is 1. The zero-order valence-corrected chi connectivity index (χ0v) is 15.1. The van der Waals surface area contributed by atoms with Crippen LogP contribution in [0, 0.1) is 17.5 Å². The summed E-state index contributed by atoms with van der Waals surface area (Å²) >= 11 is 0. The van der Waals surface area contributed by atoms with Gasteiger partial charge in [-0.15, -0.1) is 0 Å². The number of hydrogen-bond donors (Lipinski definition) is 3. The molecular formula is C19H19F3N4O2. The Morgan fingerprint density at radius 2 is 1.93 bits per heavy atom. The second kappa shape index (κ2) is 8.64. The summed E-state index contributed by atoms with van der Waals surface area (Å²) in [7, 11) is 0. The second-order valence-electron chi connectivity index (χ2n) is 6.16. The first-order valence-corrected chi connectivity index (χ1v) is 8.77. The molecule has 3 rings (SSSR count). The number of amides is 2. The number of benzene rings is 2. The van der Waals surface area contributed by atoms with Gasteiger partial charge in [-0.2, -0.15) is 5.10 Å². The maximum absolute atomic E-state index is 13.7. The Kier molecular flexibility index (Phi) is 6.03. The number of carbonyl (C=O) groups excluding carboxylic acids is 1. The molecule has 0 fully saturated rings. The first kappa shape index (κ1) is 19.5. The Hall–Kier alpha value is -3.23. The number of anilines is 1. The van der Waals surface area contributed by atoms with Crippen LogP contribution in [-0.2, 0) is 6.61 Å². The molecular weight excluding hydrogens is 373 g/mol. The molecule has 2 amide bonds. The summed E-state index contributed by atoms with van der Waals surface area (Å²) in [6.07, 6.45) is 1.83. The van der Waals surface area contributed by atoms with E-state index in [2.05, 4.69) is 20.8 Å². The van der Waals surface area contributed by atoms with Crippen molar-refractivity contribution < 1.29 is 22.7 Å². The fourth-order valence-electron chi connectivity index (χ4n) is 2.54. The Labute approximate surface area is 159 Å². The van der Waals surface area contributed by atoms with Gasteiger partial charge in [0.25, 0.3) is 0 Å². The van der Waals surface area contributed by atoms with Crippen molar-refractivity contribution in [3.05, 3.63) is 53.3 Å². The largest absolute Gasteiger partial charge is 0.489 e. The maximum Gasteiger partial charge on any atom is 0.320 e. The molecule has 0 aliphatic rings. The molecule has 3 N–H and O–H groups in total. The molecule has 3 aromatic rings. The van der Waals surface area contributed by atoms with Crippen LogP contribution in [0.4, 0.5) is 23.8 Å². The molecule has 9 heteroatoms. The van der Waals surface area contributed by atoms with Crippen LogP contribution in [0.5, 0.6) is 5.75 Å². The molecule has 0 atom stereocenters. The van der Waals surface area contributed by atoms with Crippen molar-refractivity contribution in [3.63, 3.8) is 0 Å². The van der Waals surface area contributed by atoms with Gasteiger partial charge in [-0.3, -0.25) is 10.4 Å². The van der Waals surface area contributed by atoms with E-state index >= 15 is 0 Å². The van der Waals surface area contributed by atoms with Gasteiger partial charge in [0.1, 0.15) is 18.2 Å². The molecule has 1 heterocycles. The standard InChI is InChI=1S/C19H19F3N4O2/c1-2-3-6-23-19(27)24-18-13-8-12(4-5-17(13)25-26-18)28-10-11-7-15(21)16(22)9-14(11)20/h4-5,7-9H,2-3,6,10H2,1H3,(H3,23,24,25,26,27). The molecule has 0 unspecified atom stereocenters. The fraction of sp³-hybridized carbons (Fsp3) is 0.263. The van der Waals surface area contributed by atoms with Crippen LogP contribution in [0.25, 0.3) is 10.9 Å². The summed E-state index contributed by atoms with van der Waals surface area (Å²) in [5, 5.41) is 12.8. The van der Waals surface area contributed by atoms with E-state index in [9.17, 15) is 18.0 Å². The Morgan fingerprint density at radius 3 is 2.71 bits per heavy atom. The summed E-state index contributed by atoms with van der Waals surface area (Å²) in [5.41, 5.74) is 0.551. The second-order valence-corrected chi connectivity index (χ2v) is 6.16. The minimum atomic E-state index is -1.26. The Morgan fingerprint density at radius 1 is 1.14 bits per heavy atom. The number of nitrogens with zero attached hydrogens (tertiary/aromatic N) is 1. The molecule has 6 nitrogen and oxygen atoms in total. The number of urea groups is 1. The summed E-state index contributed by atoms with van der Waals surface area (Å²) in [6.45, 7) is 2.29. The number of H-pyrrole nitrogens is 1. The van der Waals surface area contributed by atoms with E-state index in [0.29, 0.717) is 35.1 Å². The molecule has 0 aliphatic carbocycles. The number of fused-ring (bicyclic) bond motifs is 1. The third-order valence-electron chi connectivity index (χ3n) is 4.07. The van der Waals surface area contributed by atoms with E-state index in [1.807, 2.05) is 6.92 Å². The van der Waals surface area contributed by atoms with Gasteiger partial charge >= 0.3 is 6.03 Å². The van der Waals surface area contributed by atoms with Gasteiger partial charge in [0.2, 0.25) is 0 Å². The normalized spacial score (nSPS) is 10.9. The van der Waals surface area contributed by atoms with Gasteiger partial charge in [0, 0.05) is 23.6 Å². The number of carbonyl (C=O) groups is 1. The van der Waals surface area contributed by atoms with Crippen LogP contribution >= 0.6 is 0 Å². The first-order chi connectivity index (χ1) is 13.5. The van der Waals surface area contributed by atoms with E-state index in [0.717, 1.165) is 18.9 Å². The molecule has 0 bridgehead atoms. The van der Waals surface area contributed by atoms with Crippen molar-refractivity contribution in [2.75, 3.05) is 11.9 Å². The molecule has 0 spiro atoms. The molecule has 148 valence electrons. The number of halogens is 3. The molecule has 0 saturated heterocycles. The van der Waals surface area contributed by atoms with Crippen LogP contribution < -0.4 is 15.4 Å². The lowest BCUT2D eigenvalue weighted by Gasteiger charge is -2.09. The van der Waals surface area contributed by atoms with E-state index in [4.69, 9.17) is 4.74 Å². The van der Waals surface area contributed by atoms with E-state index in [1.54, 1.807) is 18.2 Å². The van der Waals surface area contributed by atoms with E-state index < -0.39 is 17.5 Å². The van der Waals surface area contributed by atoms with Crippen molar-refractivity contribution in [3.8, 4) is 5.75 Å². The molecule has 2 aromatic carbocycles. The number of rotatable bonds is 7. The van der Waals surface area contributed by atoms with Crippen LogP contribution in [0.3, 0.4) is 0 Å². The average molecular weight is 392 g/mol. The lowest BCUT2D eigenvalue weighted by Crippen LogP contribution is -2.29. The van der Waals surface area contributed by atoms with Crippen LogP contribution in [0.1, 0.15) is 25.3 Å². The molecule has 0 radical (unpaired) electrons. The molecule has 0 aliphatic heterocycles.